The van der Waals surface area contributed by atoms with Crippen molar-refractivity contribution in [2.75, 3.05) is 7.05 Å². The van der Waals surface area contributed by atoms with E-state index >= 15 is 0 Å². The van der Waals surface area contributed by atoms with Crippen LogP contribution in [-0.2, 0) is 10.0 Å². The molecule has 1 aromatic carbocycles. The van der Waals surface area contributed by atoms with Gasteiger partial charge >= 0.3 is 0 Å². The van der Waals surface area contributed by atoms with Crippen molar-refractivity contribution in [1.82, 2.24) is 18.8 Å². The minimum absolute atomic E-state index is 0.204. The molecule has 152 valence electrons. The molecule has 3 aromatic heterocycles. The highest BCUT2D eigenvalue weighted by Gasteiger charge is 2.19. The van der Waals surface area contributed by atoms with Crippen molar-refractivity contribution in [2.45, 2.75) is 18.7 Å². The molecule has 4 aromatic rings. The number of rotatable bonds is 5. The number of hydrogen-bond donors (Lipinski definition) is 0. The molecule has 8 heteroatoms. The normalized spacial score (nSPS) is 12.0. The Morgan fingerprint density at radius 1 is 1.07 bits per heavy atom. The molecular formula is C22H21N5O2S. The van der Waals surface area contributed by atoms with Crippen LogP contribution in [0.5, 0.6) is 0 Å². The van der Waals surface area contributed by atoms with Crippen molar-refractivity contribution in [3.05, 3.63) is 84.1 Å². The third-order valence-electron chi connectivity index (χ3n) is 4.90. The van der Waals surface area contributed by atoms with Crippen molar-refractivity contribution < 1.29 is 8.42 Å². The predicted octanol–water partition coefficient (Wildman–Crippen LogP) is 3.67. The molecule has 0 N–H and O–H groups in total. The first-order valence-electron chi connectivity index (χ1n) is 9.35. The fourth-order valence-corrected chi connectivity index (χ4v) is 4.37. The van der Waals surface area contributed by atoms with Gasteiger partial charge in [0.25, 0.3) is 10.0 Å². The Morgan fingerprint density at radius 2 is 1.90 bits per heavy atom. The Morgan fingerprint density at radius 3 is 2.63 bits per heavy atom. The number of fused-ring (bicyclic) bond motifs is 1. The van der Waals surface area contributed by atoms with Gasteiger partial charge in [-0.05, 0) is 49.7 Å². The second kappa shape index (κ2) is 7.72. The molecule has 7 nitrogen and oxygen atoms in total. The summed E-state index contributed by atoms with van der Waals surface area (Å²) in [6, 6.07) is 14.6. The summed E-state index contributed by atoms with van der Waals surface area (Å²) < 4.78 is 28.5. The van der Waals surface area contributed by atoms with Crippen LogP contribution < -0.4 is 0 Å². The van der Waals surface area contributed by atoms with Crippen LogP contribution in [0.3, 0.4) is 0 Å². The Balaban J connectivity index is 1.71. The summed E-state index contributed by atoms with van der Waals surface area (Å²) >= 11 is 0. The van der Waals surface area contributed by atoms with E-state index in [9.17, 15) is 8.42 Å². The molecule has 30 heavy (non-hydrogen) atoms. The topological polar surface area (TPSA) is 79.9 Å². The first-order valence-corrected chi connectivity index (χ1v) is 10.8. The molecular weight excluding hydrogens is 398 g/mol. The van der Waals surface area contributed by atoms with Gasteiger partial charge in [-0.3, -0.25) is 9.38 Å². The number of hydrogen-bond acceptors (Lipinski definition) is 5. The number of aryl methyl sites for hydroxylation is 2. The zero-order valence-electron chi connectivity index (χ0n) is 16.9. The van der Waals surface area contributed by atoms with Crippen molar-refractivity contribution in [1.29, 1.82) is 0 Å². The molecule has 0 saturated heterocycles. The molecule has 0 spiro atoms. The number of imidazole rings is 1. The number of aromatic nitrogens is 3. The lowest BCUT2D eigenvalue weighted by Crippen LogP contribution is -2.22. The molecule has 4 rings (SSSR count). The van der Waals surface area contributed by atoms with E-state index in [4.69, 9.17) is 0 Å². The van der Waals surface area contributed by atoms with Crippen LogP contribution in [0, 0.1) is 13.8 Å². The van der Waals surface area contributed by atoms with Crippen molar-refractivity contribution in [2.24, 2.45) is 5.10 Å². The van der Waals surface area contributed by atoms with Gasteiger partial charge < -0.3 is 0 Å². The summed E-state index contributed by atoms with van der Waals surface area (Å²) in [5.41, 5.74) is 5.28. The molecule has 0 bridgehead atoms. The van der Waals surface area contributed by atoms with Crippen LogP contribution >= 0.6 is 0 Å². The summed E-state index contributed by atoms with van der Waals surface area (Å²) in [5.74, 6) is 0. The maximum atomic E-state index is 12.8. The number of nitrogens with zero attached hydrogens (tertiary/aromatic N) is 5. The SMILES string of the molecule is Cc1cccc(S(=O)(=O)N(C)N=Cc2cnc3ccc(-c4cccnc4)c(C)n23)c1. The van der Waals surface area contributed by atoms with Gasteiger partial charge in [-0.25, -0.2) is 4.98 Å². The summed E-state index contributed by atoms with van der Waals surface area (Å²) in [6.45, 7) is 3.84. The van der Waals surface area contributed by atoms with Gasteiger partial charge in [0.2, 0.25) is 0 Å². The van der Waals surface area contributed by atoms with E-state index in [0.717, 1.165) is 32.4 Å². The van der Waals surface area contributed by atoms with Gasteiger partial charge in [0.1, 0.15) is 5.65 Å². The van der Waals surface area contributed by atoms with Crippen LogP contribution in [0.1, 0.15) is 17.0 Å². The second-order valence-corrected chi connectivity index (χ2v) is 8.90. The summed E-state index contributed by atoms with van der Waals surface area (Å²) in [6.07, 6.45) is 6.72. The minimum atomic E-state index is -3.73. The fourth-order valence-electron chi connectivity index (χ4n) is 3.31. The van der Waals surface area contributed by atoms with Gasteiger partial charge in [0.15, 0.2) is 0 Å². The zero-order valence-corrected chi connectivity index (χ0v) is 17.7. The van der Waals surface area contributed by atoms with Crippen LogP contribution in [0.4, 0.5) is 0 Å². The van der Waals surface area contributed by atoms with Crippen LogP contribution in [-0.4, -0.2) is 40.5 Å². The summed E-state index contributed by atoms with van der Waals surface area (Å²) in [4.78, 5) is 8.81. The number of hydrazone groups is 1. The van der Waals surface area contributed by atoms with Gasteiger partial charge in [-0.15, -0.1) is 0 Å². The molecule has 0 fully saturated rings. The molecule has 0 aliphatic heterocycles. The minimum Gasteiger partial charge on any atom is -0.295 e. The van der Waals surface area contributed by atoms with Crippen molar-refractivity contribution in [3.8, 4) is 11.1 Å². The molecule has 0 atom stereocenters. The predicted molar refractivity (Wildman–Crippen MR) is 117 cm³/mol. The Bertz CT molecular complexity index is 1340. The van der Waals surface area contributed by atoms with Gasteiger partial charge in [-0.2, -0.15) is 17.9 Å². The quantitative estimate of drug-likeness (QED) is 0.365. The largest absolute Gasteiger partial charge is 0.295 e. The van der Waals surface area contributed by atoms with E-state index in [-0.39, 0.29) is 4.90 Å². The van der Waals surface area contributed by atoms with Gasteiger partial charge in [-0.1, -0.05) is 18.2 Å². The number of benzene rings is 1. The summed E-state index contributed by atoms with van der Waals surface area (Å²) in [5, 5.41) is 4.19. The molecule has 0 aliphatic rings. The Hall–Kier alpha value is -3.52. The smallest absolute Gasteiger partial charge is 0.278 e. The first kappa shape index (κ1) is 19.8. The lowest BCUT2D eigenvalue weighted by molar-refractivity contribution is 0.491. The zero-order chi connectivity index (χ0) is 21.3. The summed E-state index contributed by atoms with van der Waals surface area (Å²) in [7, 11) is -2.31. The maximum absolute atomic E-state index is 12.8. The van der Waals surface area contributed by atoms with E-state index in [1.165, 1.54) is 13.3 Å². The van der Waals surface area contributed by atoms with Gasteiger partial charge in [0, 0.05) is 36.3 Å². The van der Waals surface area contributed by atoms with Crippen LogP contribution in [0.25, 0.3) is 16.8 Å². The molecule has 3 heterocycles. The molecule has 0 unspecified atom stereocenters. The lowest BCUT2D eigenvalue weighted by atomic mass is 10.1. The van der Waals surface area contributed by atoms with Crippen LogP contribution in [0.2, 0.25) is 0 Å². The Labute approximate surface area is 175 Å². The van der Waals surface area contributed by atoms with E-state index in [1.54, 1.807) is 36.8 Å². The second-order valence-electron chi connectivity index (χ2n) is 6.95. The monoisotopic (exact) mass is 419 g/mol. The Kier molecular flexibility index (Phi) is 5.09. The maximum Gasteiger partial charge on any atom is 0.278 e. The first-order chi connectivity index (χ1) is 14.4. The highest BCUT2D eigenvalue weighted by atomic mass is 32.2. The third kappa shape index (κ3) is 3.57. The molecule has 0 radical (unpaired) electrons. The van der Waals surface area contributed by atoms with Crippen LogP contribution in [0.15, 0.2) is 77.1 Å². The average Bonchev–Trinajstić information content (AvgIpc) is 3.17. The molecule has 0 aliphatic carbocycles. The highest BCUT2D eigenvalue weighted by Crippen LogP contribution is 2.24. The standard InChI is InChI=1S/C22H21N5O2S/c1-16-6-4-8-20(12-16)30(28,29)26(3)25-15-19-14-24-22-10-9-21(17(2)27(19)22)18-7-5-11-23-13-18/h4-15H,1-3H3. The van der Waals surface area contributed by atoms with Crippen molar-refractivity contribution in [3.63, 3.8) is 0 Å². The van der Waals surface area contributed by atoms with Crippen molar-refractivity contribution >= 4 is 21.9 Å². The highest BCUT2D eigenvalue weighted by molar-refractivity contribution is 7.89. The van der Waals surface area contributed by atoms with E-state index in [2.05, 4.69) is 15.1 Å². The number of pyridine rings is 2. The fraction of sp³-hybridized carbons (Fsp3) is 0.136. The third-order valence-corrected chi connectivity index (χ3v) is 6.54. The van der Waals surface area contributed by atoms with Gasteiger partial charge in [0.05, 0.1) is 23.0 Å². The van der Waals surface area contributed by atoms with E-state index in [0.29, 0.717) is 5.69 Å². The molecule has 0 saturated carbocycles. The van der Waals surface area contributed by atoms with E-state index in [1.807, 2.05) is 48.6 Å². The average molecular weight is 420 g/mol. The number of sulfonamides is 1. The molecule has 0 amide bonds. The lowest BCUT2D eigenvalue weighted by Gasteiger charge is -2.14. The van der Waals surface area contributed by atoms with E-state index < -0.39 is 10.0 Å².